The standard InChI is InChI=1S/C30H31N3O7.C7H15B/c1-37-22-12-8-20(9-13-22)30(19-6-4-3-5-7-19,21-10-14-23(38-2)15-11-21)39-18-24-26(34)27(35)28(40-24)33-17-16-25(31)32-29(33)36;1-6(2)5-7(3,4)8/h3-17,24,26-28,34-35H,18H2,1-2H3,(H2,31,32,36);6H,5H2,1-4H3. The molecule has 0 bridgehead atoms. The fraction of sp³-hybridized carbons (Fsp3) is 0.405. The van der Waals surface area contributed by atoms with Gasteiger partial charge in [-0.05, 0) is 52.9 Å². The fourth-order valence-electron chi connectivity index (χ4n) is 6.05. The second-order valence-electron chi connectivity index (χ2n) is 13.0. The Labute approximate surface area is 283 Å². The van der Waals surface area contributed by atoms with Crippen LogP contribution in [0.5, 0.6) is 11.5 Å². The highest BCUT2D eigenvalue weighted by atomic mass is 16.6. The number of methoxy groups -OCH3 is 2. The van der Waals surface area contributed by atoms with Crippen LogP contribution in [0.1, 0.15) is 57.0 Å². The zero-order valence-corrected chi connectivity index (χ0v) is 28.4. The van der Waals surface area contributed by atoms with Gasteiger partial charge in [0.05, 0.1) is 28.7 Å². The Morgan fingerprint density at radius 2 is 1.40 bits per heavy atom. The molecule has 4 unspecified atom stereocenters. The summed E-state index contributed by atoms with van der Waals surface area (Å²) in [6, 6.07) is 26.1. The molecule has 2 heterocycles. The number of rotatable bonds is 11. The smallest absolute Gasteiger partial charge is 0.351 e. The first-order valence-electron chi connectivity index (χ1n) is 15.9. The number of aliphatic hydroxyl groups is 2. The van der Waals surface area contributed by atoms with E-state index in [0.717, 1.165) is 33.6 Å². The lowest BCUT2D eigenvalue weighted by Crippen LogP contribution is -2.39. The summed E-state index contributed by atoms with van der Waals surface area (Å²) in [5, 5.41) is 21.7. The van der Waals surface area contributed by atoms with Gasteiger partial charge in [-0.3, -0.25) is 4.57 Å². The van der Waals surface area contributed by atoms with Gasteiger partial charge in [-0.2, -0.15) is 4.98 Å². The van der Waals surface area contributed by atoms with Crippen molar-refractivity contribution in [2.75, 3.05) is 26.6 Å². The van der Waals surface area contributed by atoms with Crippen molar-refractivity contribution >= 4 is 13.7 Å². The van der Waals surface area contributed by atoms with E-state index in [9.17, 15) is 15.0 Å². The van der Waals surface area contributed by atoms with Gasteiger partial charge >= 0.3 is 5.69 Å². The molecule has 0 saturated carbocycles. The Kier molecular flexibility index (Phi) is 12.1. The summed E-state index contributed by atoms with van der Waals surface area (Å²) in [6.45, 7) is 8.38. The lowest BCUT2D eigenvalue weighted by atomic mass is 9.68. The molecule has 1 saturated heterocycles. The number of ether oxygens (including phenoxy) is 4. The zero-order valence-electron chi connectivity index (χ0n) is 28.4. The normalized spacial score (nSPS) is 19.4. The Hall–Kier alpha value is -4.16. The van der Waals surface area contributed by atoms with E-state index in [-0.39, 0.29) is 17.7 Å². The second kappa shape index (κ2) is 15.8. The molecule has 11 heteroatoms. The summed E-state index contributed by atoms with van der Waals surface area (Å²) in [5.74, 6) is 2.13. The van der Waals surface area contributed by atoms with Crippen molar-refractivity contribution in [3.8, 4) is 11.5 Å². The van der Waals surface area contributed by atoms with E-state index >= 15 is 0 Å². The van der Waals surface area contributed by atoms with Gasteiger partial charge in [0.15, 0.2) is 6.23 Å². The van der Waals surface area contributed by atoms with Crippen LogP contribution in [0.3, 0.4) is 0 Å². The van der Waals surface area contributed by atoms with Gasteiger partial charge < -0.3 is 34.9 Å². The SMILES string of the molecule is COc1ccc(C(OCC2OC(n3ccc(N)nc3=O)C(O)C2O)(c2ccccc2)c2ccc(OC)cc2)cc1.[B]C(C)(C)CC(C)C. The van der Waals surface area contributed by atoms with Crippen molar-refractivity contribution in [3.63, 3.8) is 0 Å². The summed E-state index contributed by atoms with van der Waals surface area (Å²) in [7, 11) is 8.93. The van der Waals surface area contributed by atoms with Crippen LogP contribution in [0, 0.1) is 5.92 Å². The van der Waals surface area contributed by atoms with Gasteiger partial charge in [0.1, 0.15) is 41.2 Å². The molecule has 0 aliphatic carbocycles. The molecule has 2 radical (unpaired) electrons. The molecule has 0 spiro atoms. The first-order valence-corrected chi connectivity index (χ1v) is 15.9. The number of hydrogen-bond donors (Lipinski definition) is 3. The molecule has 3 aromatic carbocycles. The van der Waals surface area contributed by atoms with Gasteiger partial charge in [-0.1, -0.05) is 94.0 Å². The highest BCUT2D eigenvalue weighted by Gasteiger charge is 2.46. The van der Waals surface area contributed by atoms with Crippen LogP contribution >= 0.6 is 0 Å². The number of benzene rings is 3. The van der Waals surface area contributed by atoms with Crippen molar-refractivity contribution in [2.24, 2.45) is 5.92 Å². The number of nitrogens with zero attached hydrogens (tertiary/aromatic N) is 2. The molecule has 4 N–H and O–H groups in total. The molecule has 1 aliphatic heterocycles. The maximum absolute atomic E-state index is 12.4. The van der Waals surface area contributed by atoms with E-state index < -0.39 is 35.8 Å². The predicted molar refractivity (Wildman–Crippen MR) is 186 cm³/mol. The molecule has 48 heavy (non-hydrogen) atoms. The van der Waals surface area contributed by atoms with Crippen LogP contribution < -0.4 is 20.9 Å². The number of anilines is 1. The molecule has 1 fully saturated rings. The summed E-state index contributed by atoms with van der Waals surface area (Å²) >= 11 is 0. The summed E-state index contributed by atoms with van der Waals surface area (Å²) in [6.07, 6.45) is -2.40. The highest BCUT2D eigenvalue weighted by Crippen LogP contribution is 2.42. The van der Waals surface area contributed by atoms with E-state index in [0.29, 0.717) is 11.5 Å². The highest BCUT2D eigenvalue weighted by molar-refractivity contribution is 6.14. The molecule has 1 aromatic heterocycles. The third-order valence-corrected chi connectivity index (χ3v) is 8.03. The van der Waals surface area contributed by atoms with E-state index in [1.807, 2.05) is 78.9 Å². The van der Waals surface area contributed by atoms with Gasteiger partial charge in [-0.15, -0.1) is 0 Å². The fourth-order valence-corrected chi connectivity index (χ4v) is 6.05. The lowest BCUT2D eigenvalue weighted by molar-refractivity contribution is -0.0958. The van der Waals surface area contributed by atoms with Crippen molar-refractivity contribution in [3.05, 3.63) is 118 Å². The maximum atomic E-state index is 12.4. The van der Waals surface area contributed by atoms with E-state index in [4.69, 9.17) is 32.5 Å². The Morgan fingerprint density at radius 1 is 0.875 bits per heavy atom. The summed E-state index contributed by atoms with van der Waals surface area (Å²) < 4.78 is 24.6. The van der Waals surface area contributed by atoms with Gasteiger partial charge in [0.25, 0.3) is 0 Å². The van der Waals surface area contributed by atoms with Crippen molar-refractivity contribution in [1.29, 1.82) is 0 Å². The van der Waals surface area contributed by atoms with Crippen molar-refractivity contribution in [1.82, 2.24) is 9.55 Å². The van der Waals surface area contributed by atoms with Crippen LogP contribution in [0.15, 0.2) is 95.9 Å². The third-order valence-electron chi connectivity index (χ3n) is 8.03. The summed E-state index contributed by atoms with van der Waals surface area (Å²) in [5.41, 5.74) is 6.18. The van der Waals surface area contributed by atoms with Gasteiger partial charge in [0.2, 0.25) is 0 Å². The average Bonchev–Trinajstić information content (AvgIpc) is 3.34. The molecular weight excluding hydrogens is 609 g/mol. The minimum absolute atomic E-state index is 0.0220. The monoisotopic (exact) mass is 655 g/mol. The van der Waals surface area contributed by atoms with Crippen LogP contribution in [0.4, 0.5) is 5.82 Å². The first kappa shape index (κ1) is 36.7. The molecule has 4 aromatic rings. The van der Waals surface area contributed by atoms with Crippen LogP contribution in [0.2, 0.25) is 5.31 Å². The number of nitrogen functional groups attached to an aromatic ring is 1. The van der Waals surface area contributed by atoms with Crippen LogP contribution in [0.25, 0.3) is 0 Å². The number of hydrogen-bond acceptors (Lipinski definition) is 9. The predicted octanol–water partition coefficient (Wildman–Crippen LogP) is 4.87. The average molecular weight is 656 g/mol. The molecule has 0 amide bonds. The Balaban J connectivity index is 0.000000579. The molecular formula is C37H46BN3O7. The maximum Gasteiger partial charge on any atom is 0.351 e. The topological polar surface area (TPSA) is 138 Å². The Bertz CT molecular complexity index is 1590. The van der Waals surface area contributed by atoms with E-state index in [1.54, 1.807) is 14.2 Å². The number of aliphatic hydroxyl groups excluding tert-OH is 2. The minimum Gasteiger partial charge on any atom is -0.497 e. The lowest BCUT2D eigenvalue weighted by Gasteiger charge is -2.37. The first-order chi connectivity index (χ1) is 22.8. The van der Waals surface area contributed by atoms with Gasteiger partial charge in [-0.25, -0.2) is 4.79 Å². The van der Waals surface area contributed by atoms with Crippen LogP contribution in [-0.4, -0.2) is 66.7 Å². The number of aromatic nitrogens is 2. The Morgan fingerprint density at radius 3 is 1.83 bits per heavy atom. The number of nitrogens with two attached hydrogens (primary N) is 1. The third kappa shape index (κ3) is 8.65. The molecule has 1 aliphatic rings. The van der Waals surface area contributed by atoms with E-state index in [1.165, 1.54) is 12.3 Å². The summed E-state index contributed by atoms with van der Waals surface area (Å²) in [4.78, 5) is 16.1. The molecule has 5 rings (SSSR count). The van der Waals surface area contributed by atoms with E-state index in [2.05, 4.69) is 32.7 Å². The largest absolute Gasteiger partial charge is 0.497 e. The van der Waals surface area contributed by atoms with Crippen molar-refractivity contribution < 1.29 is 29.2 Å². The van der Waals surface area contributed by atoms with Gasteiger partial charge in [0, 0.05) is 6.20 Å². The second-order valence-corrected chi connectivity index (χ2v) is 13.0. The molecule has 254 valence electrons. The van der Waals surface area contributed by atoms with Crippen LogP contribution in [-0.2, 0) is 15.1 Å². The van der Waals surface area contributed by atoms with Crippen molar-refractivity contribution in [2.45, 2.75) is 69.6 Å². The minimum atomic E-state index is -1.40. The quantitative estimate of drug-likeness (QED) is 0.153. The molecule has 4 atom stereocenters. The zero-order chi connectivity index (χ0) is 35.1. The molecule has 10 nitrogen and oxygen atoms in total.